The molecule has 0 fully saturated rings. The van der Waals surface area contributed by atoms with Gasteiger partial charge in [-0.15, -0.1) is 0 Å². The zero-order valence-corrected chi connectivity index (χ0v) is 8.61. The first-order chi connectivity index (χ1) is 3.46. The van der Waals surface area contributed by atoms with Crippen LogP contribution in [0.25, 0.3) is 0 Å². The number of carboxylic acids is 1. The predicted octanol–water partition coefficient (Wildman–Crippen LogP) is -0.837. The molecule has 0 radical (unpaired) electrons. The maximum atomic E-state index is 9.33. The predicted molar refractivity (Wildman–Crippen MR) is 26.7 cm³/mol. The van der Waals surface area contributed by atoms with Crippen molar-refractivity contribution >= 4 is 11.8 Å². The second-order valence-corrected chi connectivity index (χ2v) is 1.19. The van der Waals surface area contributed by atoms with E-state index in [4.69, 9.17) is 9.90 Å². The topological polar surface area (TPSA) is 57.2 Å². The summed E-state index contributed by atoms with van der Waals surface area (Å²) in [4.78, 5) is 18.2. The Balaban J connectivity index is -0.0000000720. The number of rotatable bonds is 0. The minimum atomic E-state index is -1.08. The Labute approximate surface area is 67.2 Å². The van der Waals surface area contributed by atoms with Crippen LogP contribution in [0.4, 0.5) is 0 Å². The zero-order chi connectivity index (χ0) is 7.15. The quantitative estimate of drug-likeness (QED) is 0.362. The molecule has 9 heavy (non-hydrogen) atoms. The second kappa shape index (κ2) is 10.6. The van der Waals surface area contributed by atoms with Gasteiger partial charge in [-0.1, -0.05) is 0 Å². The minimum absolute atomic E-state index is 0. The Morgan fingerprint density at radius 3 is 1.33 bits per heavy atom. The van der Waals surface area contributed by atoms with Crippen molar-refractivity contribution in [1.82, 2.24) is 0 Å². The van der Waals surface area contributed by atoms with E-state index in [0.717, 1.165) is 6.92 Å². The van der Waals surface area contributed by atoms with Crippen LogP contribution in [0, 0.1) is 6.92 Å². The Kier molecular flexibility index (Phi) is 18.6. The van der Waals surface area contributed by atoms with Gasteiger partial charge < -0.3 is 21.6 Å². The number of Topliss-reactive ketones (excluding diaryl/α,β-unsaturated/α-hetero) is 1. The van der Waals surface area contributed by atoms with Crippen molar-refractivity contribution in [2.24, 2.45) is 0 Å². The fraction of sp³-hybridized carbons (Fsp3) is 0.400. The summed E-state index contributed by atoms with van der Waals surface area (Å²) in [5, 5.41) is 8.89. The molecule has 0 atom stereocenters. The van der Waals surface area contributed by atoms with Gasteiger partial charge >= 0.3 is 19.5 Å². The van der Waals surface area contributed by atoms with Crippen molar-refractivity contribution in [1.29, 1.82) is 0 Å². The van der Waals surface area contributed by atoms with E-state index in [9.17, 15) is 4.79 Å². The maximum absolute atomic E-state index is 9.33. The van der Waals surface area contributed by atoms with Crippen LogP contribution in [0.5, 0.6) is 0 Å². The summed E-state index contributed by atoms with van der Waals surface area (Å²) < 4.78 is 0. The molecule has 0 spiro atoms. The zero-order valence-electron chi connectivity index (χ0n) is 5.64. The Hall–Kier alpha value is -0.367. The SMILES string of the molecule is CC(=O)[O-].[CH2-]C(C)=O.[Zn+2]. The summed E-state index contributed by atoms with van der Waals surface area (Å²) in [5.74, 6) is -1.17. The molecule has 0 rings (SSSR count). The van der Waals surface area contributed by atoms with Crippen molar-refractivity contribution in [2.45, 2.75) is 13.8 Å². The third-order valence-electron chi connectivity index (χ3n) is 0. The number of carbonyl (C=O) groups excluding carboxylic acids is 2. The molecule has 0 aromatic heterocycles. The molecular weight excluding hydrogens is 173 g/mol. The van der Waals surface area contributed by atoms with Gasteiger partial charge in [0.2, 0.25) is 0 Å². The summed E-state index contributed by atoms with van der Waals surface area (Å²) in [6, 6.07) is 0. The van der Waals surface area contributed by atoms with Crippen molar-refractivity contribution < 1.29 is 34.2 Å². The average Bonchev–Trinajstić information content (AvgIpc) is 1.25. The van der Waals surface area contributed by atoms with Gasteiger partial charge in [0.25, 0.3) is 0 Å². The maximum Gasteiger partial charge on any atom is 2.00 e. The van der Waals surface area contributed by atoms with E-state index >= 15 is 0 Å². The fourth-order valence-electron chi connectivity index (χ4n) is 0. The molecule has 0 bridgehead atoms. The number of carboxylic acid groups (broad SMARTS) is 1. The molecule has 0 aliphatic carbocycles. The second-order valence-electron chi connectivity index (χ2n) is 1.19. The normalized spacial score (nSPS) is 5.56. The number of aliphatic carboxylic acids is 1. The molecule has 48 valence electrons. The van der Waals surface area contributed by atoms with Crippen molar-refractivity contribution in [2.75, 3.05) is 0 Å². The molecule has 0 aliphatic heterocycles. The van der Waals surface area contributed by atoms with Crippen LogP contribution in [0.15, 0.2) is 0 Å². The largest absolute Gasteiger partial charge is 2.00 e. The van der Waals surface area contributed by atoms with E-state index in [1.54, 1.807) is 0 Å². The summed E-state index contributed by atoms with van der Waals surface area (Å²) in [6.45, 7) is 5.39. The molecule has 0 aromatic rings. The smallest absolute Gasteiger partial charge is 0.550 e. The third kappa shape index (κ3) is 1800. The van der Waals surface area contributed by atoms with E-state index in [2.05, 4.69) is 6.92 Å². The number of ketones is 1. The molecule has 3 nitrogen and oxygen atoms in total. The monoisotopic (exact) mass is 180 g/mol. The van der Waals surface area contributed by atoms with Gasteiger partial charge in [0, 0.05) is 5.97 Å². The molecule has 0 aliphatic rings. The molecule has 0 amide bonds. The van der Waals surface area contributed by atoms with E-state index in [1.165, 1.54) is 6.92 Å². The summed E-state index contributed by atoms with van der Waals surface area (Å²) in [5.41, 5.74) is 0. The molecule has 0 unspecified atom stereocenters. The average molecular weight is 182 g/mol. The number of carbonyl (C=O) groups is 2. The van der Waals surface area contributed by atoms with Gasteiger partial charge in [-0.2, -0.15) is 0 Å². The summed E-state index contributed by atoms with van der Waals surface area (Å²) in [7, 11) is 0. The van der Waals surface area contributed by atoms with Gasteiger partial charge in [-0.25, -0.2) is 0 Å². The Bertz CT molecular complexity index is 70.2. The van der Waals surface area contributed by atoms with E-state index in [-0.39, 0.29) is 25.3 Å². The molecule has 4 heteroatoms. The van der Waals surface area contributed by atoms with Crippen molar-refractivity contribution in [3.05, 3.63) is 6.92 Å². The molecule has 0 saturated carbocycles. The van der Waals surface area contributed by atoms with Crippen molar-refractivity contribution in [3.8, 4) is 0 Å². The van der Waals surface area contributed by atoms with Gasteiger partial charge in [0.15, 0.2) is 0 Å². The molecular formula is C5H8O3Zn. The van der Waals surface area contributed by atoms with Gasteiger partial charge in [0.05, 0.1) is 0 Å². The number of hydrogen-bond acceptors (Lipinski definition) is 3. The molecule has 0 heterocycles. The molecule has 0 N–H and O–H groups in total. The van der Waals surface area contributed by atoms with Crippen LogP contribution in [0.1, 0.15) is 13.8 Å². The number of hydrogen-bond donors (Lipinski definition) is 0. The van der Waals surface area contributed by atoms with Gasteiger partial charge in [-0.3, -0.25) is 0 Å². The van der Waals surface area contributed by atoms with Crippen LogP contribution in [-0.4, -0.2) is 11.8 Å². The summed E-state index contributed by atoms with van der Waals surface area (Å²) in [6.07, 6.45) is 0. The molecule has 0 saturated heterocycles. The first-order valence-corrected chi connectivity index (χ1v) is 1.97. The van der Waals surface area contributed by atoms with Crippen LogP contribution >= 0.6 is 0 Å². The van der Waals surface area contributed by atoms with E-state index < -0.39 is 5.97 Å². The Morgan fingerprint density at radius 2 is 1.33 bits per heavy atom. The van der Waals surface area contributed by atoms with E-state index in [0.29, 0.717) is 0 Å². The molecule has 0 aromatic carbocycles. The standard InChI is InChI=1S/C3H5O.C2H4O2.Zn/c1-3(2)4;1-2(3)4;/h1H2,2H3;1H3,(H,3,4);/q-1;;+2/p-1. The van der Waals surface area contributed by atoms with Crippen LogP contribution in [-0.2, 0) is 29.1 Å². The first-order valence-electron chi connectivity index (χ1n) is 1.97. The van der Waals surface area contributed by atoms with E-state index in [1.807, 2.05) is 0 Å². The van der Waals surface area contributed by atoms with Crippen LogP contribution in [0.2, 0.25) is 0 Å². The van der Waals surface area contributed by atoms with Crippen molar-refractivity contribution in [3.63, 3.8) is 0 Å². The van der Waals surface area contributed by atoms with Crippen LogP contribution in [0.3, 0.4) is 0 Å². The summed E-state index contributed by atoms with van der Waals surface area (Å²) >= 11 is 0. The third-order valence-corrected chi connectivity index (χ3v) is 0. The minimum Gasteiger partial charge on any atom is -0.550 e. The fourth-order valence-corrected chi connectivity index (χ4v) is 0. The van der Waals surface area contributed by atoms with Gasteiger partial charge in [0.1, 0.15) is 0 Å². The van der Waals surface area contributed by atoms with Crippen LogP contribution < -0.4 is 5.11 Å². The first kappa shape index (κ1) is 15.9. The Morgan fingerprint density at radius 1 is 1.33 bits per heavy atom. The van der Waals surface area contributed by atoms with Gasteiger partial charge in [-0.05, 0) is 19.6 Å².